The van der Waals surface area contributed by atoms with Crippen LogP contribution in [0.5, 0.6) is 11.5 Å². The molecule has 26 heavy (non-hydrogen) atoms. The van der Waals surface area contributed by atoms with Crippen LogP contribution in [-0.2, 0) is 6.54 Å². The zero-order chi connectivity index (χ0) is 18.4. The quantitative estimate of drug-likeness (QED) is 0.743. The molecule has 1 aromatic heterocycles. The van der Waals surface area contributed by atoms with E-state index in [9.17, 15) is 4.79 Å². The molecule has 140 valence electrons. The number of carbonyl (C=O) groups is 1. The van der Waals surface area contributed by atoms with Crippen molar-refractivity contribution in [3.8, 4) is 11.5 Å². The van der Waals surface area contributed by atoms with E-state index in [1.165, 1.54) is 5.56 Å². The van der Waals surface area contributed by atoms with Crippen molar-refractivity contribution < 1.29 is 14.3 Å². The first-order valence-corrected chi connectivity index (χ1v) is 9.82. The fourth-order valence-electron chi connectivity index (χ4n) is 3.07. The maximum atomic E-state index is 12.2. The van der Waals surface area contributed by atoms with Crippen LogP contribution in [0.15, 0.2) is 35.0 Å². The van der Waals surface area contributed by atoms with Crippen molar-refractivity contribution in [2.24, 2.45) is 0 Å². The zero-order valence-electron chi connectivity index (χ0n) is 15.2. The van der Waals surface area contributed by atoms with Crippen LogP contribution in [0.25, 0.3) is 0 Å². The highest BCUT2D eigenvalue weighted by Crippen LogP contribution is 2.32. The Labute approximate surface area is 158 Å². The van der Waals surface area contributed by atoms with Crippen LogP contribution in [-0.4, -0.2) is 37.4 Å². The summed E-state index contributed by atoms with van der Waals surface area (Å²) in [6.45, 7) is 7.43. The number of rotatable bonds is 8. The van der Waals surface area contributed by atoms with Gasteiger partial charge in [-0.05, 0) is 53.2 Å². The third-order valence-electron chi connectivity index (χ3n) is 4.53. The standard InChI is InChI=1S/C19H25N3O3S/c1-3-22(4-2)16(15-7-8-26-12-15)11-21-19(23)20-10-14-5-6-17-18(9-14)25-13-24-17/h5-9,12,16H,3-4,10-11,13H2,1-2H3,(H2,20,21,23). The highest BCUT2D eigenvalue weighted by atomic mass is 32.1. The number of nitrogens with one attached hydrogen (secondary N) is 2. The lowest BCUT2D eigenvalue weighted by atomic mass is 10.1. The van der Waals surface area contributed by atoms with Gasteiger partial charge < -0.3 is 20.1 Å². The Kier molecular flexibility index (Phi) is 6.35. The summed E-state index contributed by atoms with van der Waals surface area (Å²) in [5, 5.41) is 10.1. The number of hydrogen-bond acceptors (Lipinski definition) is 5. The Morgan fingerprint density at radius 3 is 2.73 bits per heavy atom. The summed E-state index contributed by atoms with van der Waals surface area (Å²) in [7, 11) is 0. The first-order chi connectivity index (χ1) is 12.7. The topological polar surface area (TPSA) is 62.8 Å². The molecule has 0 saturated carbocycles. The lowest BCUT2D eigenvalue weighted by Gasteiger charge is -2.29. The second kappa shape index (κ2) is 8.91. The molecule has 1 atom stereocenters. The molecule has 1 aromatic carbocycles. The maximum Gasteiger partial charge on any atom is 0.315 e. The minimum absolute atomic E-state index is 0.171. The van der Waals surface area contributed by atoms with Gasteiger partial charge in [-0.2, -0.15) is 11.3 Å². The number of carbonyl (C=O) groups excluding carboxylic acids is 1. The number of urea groups is 1. The van der Waals surface area contributed by atoms with Crippen molar-refractivity contribution in [3.63, 3.8) is 0 Å². The van der Waals surface area contributed by atoms with Crippen LogP contribution in [0.4, 0.5) is 4.79 Å². The van der Waals surface area contributed by atoms with E-state index in [4.69, 9.17) is 9.47 Å². The molecule has 3 rings (SSSR count). The first-order valence-electron chi connectivity index (χ1n) is 8.87. The molecular formula is C19H25N3O3S. The van der Waals surface area contributed by atoms with E-state index in [0.717, 1.165) is 30.2 Å². The van der Waals surface area contributed by atoms with Crippen molar-refractivity contribution in [2.45, 2.75) is 26.4 Å². The summed E-state index contributed by atoms with van der Waals surface area (Å²) in [6, 6.07) is 7.83. The van der Waals surface area contributed by atoms with Gasteiger partial charge in [0.15, 0.2) is 11.5 Å². The molecule has 0 aliphatic carbocycles. The number of fused-ring (bicyclic) bond motifs is 1. The average Bonchev–Trinajstić information content (AvgIpc) is 3.34. The smallest absolute Gasteiger partial charge is 0.315 e. The molecule has 2 heterocycles. The van der Waals surface area contributed by atoms with Gasteiger partial charge in [-0.25, -0.2) is 4.79 Å². The van der Waals surface area contributed by atoms with Gasteiger partial charge in [0.1, 0.15) is 0 Å². The number of ether oxygens (including phenoxy) is 2. The molecule has 0 fully saturated rings. The lowest BCUT2D eigenvalue weighted by Crippen LogP contribution is -2.41. The van der Waals surface area contributed by atoms with Gasteiger partial charge in [0, 0.05) is 13.1 Å². The monoisotopic (exact) mass is 375 g/mol. The summed E-state index contributed by atoms with van der Waals surface area (Å²) in [5.41, 5.74) is 2.22. The first kappa shape index (κ1) is 18.5. The fraction of sp³-hybridized carbons (Fsp3) is 0.421. The zero-order valence-corrected chi connectivity index (χ0v) is 16.0. The van der Waals surface area contributed by atoms with E-state index in [-0.39, 0.29) is 18.9 Å². The number of thiophene rings is 1. The Morgan fingerprint density at radius 2 is 2.00 bits per heavy atom. The van der Waals surface area contributed by atoms with Gasteiger partial charge in [0.25, 0.3) is 0 Å². The Bertz CT molecular complexity index is 717. The maximum absolute atomic E-state index is 12.2. The third kappa shape index (κ3) is 4.47. The predicted octanol–water partition coefficient (Wildman–Crippen LogP) is 3.36. The minimum atomic E-state index is -0.171. The summed E-state index contributed by atoms with van der Waals surface area (Å²) in [4.78, 5) is 14.6. The molecule has 0 spiro atoms. The molecule has 2 aromatic rings. The molecule has 1 unspecified atom stereocenters. The number of benzene rings is 1. The van der Waals surface area contributed by atoms with Crippen molar-refractivity contribution in [1.29, 1.82) is 0 Å². The number of hydrogen-bond donors (Lipinski definition) is 2. The largest absolute Gasteiger partial charge is 0.454 e. The minimum Gasteiger partial charge on any atom is -0.454 e. The van der Waals surface area contributed by atoms with Crippen molar-refractivity contribution in [3.05, 3.63) is 46.2 Å². The Morgan fingerprint density at radius 1 is 1.19 bits per heavy atom. The van der Waals surface area contributed by atoms with Gasteiger partial charge in [-0.3, -0.25) is 4.90 Å². The van der Waals surface area contributed by atoms with Crippen molar-refractivity contribution in [1.82, 2.24) is 15.5 Å². The predicted molar refractivity (Wildman–Crippen MR) is 103 cm³/mol. The highest BCUT2D eigenvalue weighted by molar-refractivity contribution is 7.07. The lowest BCUT2D eigenvalue weighted by molar-refractivity contribution is 0.174. The van der Waals surface area contributed by atoms with E-state index in [2.05, 4.69) is 46.2 Å². The van der Waals surface area contributed by atoms with Crippen LogP contribution in [0, 0.1) is 0 Å². The molecular weight excluding hydrogens is 350 g/mol. The van der Waals surface area contributed by atoms with E-state index >= 15 is 0 Å². The summed E-state index contributed by atoms with van der Waals surface area (Å²) >= 11 is 1.68. The van der Waals surface area contributed by atoms with Crippen LogP contribution < -0.4 is 20.1 Å². The third-order valence-corrected chi connectivity index (χ3v) is 5.23. The van der Waals surface area contributed by atoms with Crippen molar-refractivity contribution in [2.75, 3.05) is 26.4 Å². The average molecular weight is 375 g/mol. The SMILES string of the molecule is CCN(CC)C(CNC(=O)NCc1ccc2c(c1)OCO2)c1ccsc1. The van der Waals surface area contributed by atoms with Crippen LogP contribution in [0.1, 0.15) is 31.0 Å². The normalized spacial score (nSPS) is 13.7. The Hall–Kier alpha value is -2.25. The van der Waals surface area contributed by atoms with Crippen LogP contribution in [0.2, 0.25) is 0 Å². The second-order valence-electron chi connectivity index (χ2n) is 6.04. The van der Waals surface area contributed by atoms with Crippen LogP contribution >= 0.6 is 11.3 Å². The molecule has 0 bridgehead atoms. The number of amides is 2. The van der Waals surface area contributed by atoms with Crippen LogP contribution in [0.3, 0.4) is 0 Å². The van der Waals surface area contributed by atoms with Gasteiger partial charge in [0.05, 0.1) is 6.04 Å². The molecule has 0 saturated heterocycles. The molecule has 1 aliphatic heterocycles. The molecule has 2 N–H and O–H groups in total. The molecule has 1 aliphatic rings. The second-order valence-corrected chi connectivity index (χ2v) is 6.82. The Balaban J connectivity index is 1.52. The summed E-state index contributed by atoms with van der Waals surface area (Å²) < 4.78 is 10.7. The fourth-order valence-corrected chi connectivity index (χ4v) is 3.78. The van der Waals surface area contributed by atoms with E-state index in [1.807, 2.05) is 18.2 Å². The summed E-state index contributed by atoms with van der Waals surface area (Å²) in [5.74, 6) is 1.47. The summed E-state index contributed by atoms with van der Waals surface area (Å²) in [6.07, 6.45) is 0. The van der Waals surface area contributed by atoms with Gasteiger partial charge >= 0.3 is 6.03 Å². The molecule has 0 radical (unpaired) electrons. The molecule has 6 nitrogen and oxygen atoms in total. The van der Waals surface area contributed by atoms with Gasteiger partial charge in [0.2, 0.25) is 6.79 Å². The molecule has 7 heteroatoms. The van der Waals surface area contributed by atoms with Gasteiger partial charge in [-0.15, -0.1) is 0 Å². The van der Waals surface area contributed by atoms with E-state index in [0.29, 0.717) is 13.1 Å². The number of likely N-dealkylation sites (N-methyl/N-ethyl adjacent to an activating group) is 1. The van der Waals surface area contributed by atoms with Gasteiger partial charge in [-0.1, -0.05) is 19.9 Å². The van der Waals surface area contributed by atoms with Crippen molar-refractivity contribution >= 4 is 17.4 Å². The molecule has 2 amide bonds. The van der Waals surface area contributed by atoms with E-state index < -0.39 is 0 Å². The van der Waals surface area contributed by atoms with E-state index in [1.54, 1.807) is 11.3 Å². The number of nitrogens with zero attached hydrogens (tertiary/aromatic N) is 1. The highest BCUT2D eigenvalue weighted by Gasteiger charge is 2.19.